The predicted molar refractivity (Wildman–Crippen MR) is 44.7 cm³/mol. The standard InChI is InChI=1S/C6H13NO3S/c1-6(2)7-4-3-5-11(8,9)10/h3-5H2,1-2H3,(H,8,9,10). The first-order chi connectivity index (χ1) is 4.92. The van der Waals surface area contributed by atoms with Crippen molar-refractivity contribution in [3.05, 3.63) is 0 Å². The number of hydrogen-bond acceptors (Lipinski definition) is 3. The summed E-state index contributed by atoms with van der Waals surface area (Å²) in [7, 11) is -3.79. The molecule has 0 aromatic carbocycles. The van der Waals surface area contributed by atoms with Crippen molar-refractivity contribution in [2.75, 3.05) is 12.3 Å². The summed E-state index contributed by atoms with van der Waals surface area (Å²) in [5.74, 6) is -0.205. The van der Waals surface area contributed by atoms with Gasteiger partial charge in [-0.1, -0.05) is 0 Å². The molecule has 11 heavy (non-hydrogen) atoms. The van der Waals surface area contributed by atoms with E-state index in [1.54, 1.807) is 0 Å². The van der Waals surface area contributed by atoms with Gasteiger partial charge in [0.25, 0.3) is 10.1 Å². The zero-order chi connectivity index (χ0) is 8.91. The van der Waals surface area contributed by atoms with Crippen LogP contribution in [-0.2, 0) is 10.1 Å². The third-order valence-electron chi connectivity index (χ3n) is 0.988. The normalized spacial score (nSPS) is 11.2. The lowest BCUT2D eigenvalue weighted by Gasteiger charge is -1.94. The van der Waals surface area contributed by atoms with Crippen LogP contribution >= 0.6 is 0 Å². The second-order valence-electron chi connectivity index (χ2n) is 2.47. The summed E-state index contributed by atoms with van der Waals surface area (Å²) in [5.41, 5.74) is 0.917. The molecule has 0 atom stereocenters. The molecule has 0 radical (unpaired) electrons. The Morgan fingerprint density at radius 3 is 2.36 bits per heavy atom. The maximum absolute atomic E-state index is 10.2. The van der Waals surface area contributed by atoms with Crippen LogP contribution in [-0.4, -0.2) is 31.0 Å². The van der Waals surface area contributed by atoms with Crippen molar-refractivity contribution in [3.63, 3.8) is 0 Å². The Balaban J connectivity index is 3.53. The van der Waals surface area contributed by atoms with Gasteiger partial charge in [0, 0.05) is 12.3 Å². The molecular formula is C6H13NO3S. The van der Waals surface area contributed by atoms with E-state index in [0.29, 0.717) is 13.0 Å². The number of nitrogens with zero attached hydrogens (tertiary/aromatic N) is 1. The van der Waals surface area contributed by atoms with E-state index in [-0.39, 0.29) is 5.75 Å². The lowest BCUT2D eigenvalue weighted by atomic mass is 10.4. The number of rotatable bonds is 4. The molecule has 0 amide bonds. The summed E-state index contributed by atoms with van der Waals surface area (Å²) in [4.78, 5) is 3.97. The number of hydrogen-bond donors (Lipinski definition) is 1. The zero-order valence-electron chi connectivity index (χ0n) is 6.74. The first-order valence-electron chi connectivity index (χ1n) is 3.34. The Labute approximate surface area is 67.1 Å². The van der Waals surface area contributed by atoms with Gasteiger partial charge in [-0.3, -0.25) is 9.55 Å². The average molecular weight is 179 g/mol. The molecule has 0 spiro atoms. The van der Waals surface area contributed by atoms with Crippen LogP contribution in [0.1, 0.15) is 20.3 Å². The Kier molecular flexibility index (Phi) is 4.29. The molecule has 0 aromatic heterocycles. The van der Waals surface area contributed by atoms with Gasteiger partial charge in [0.05, 0.1) is 5.75 Å². The smallest absolute Gasteiger partial charge is 0.264 e. The Morgan fingerprint density at radius 2 is 2.00 bits per heavy atom. The van der Waals surface area contributed by atoms with Crippen LogP contribution < -0.4 is 0 Å². The summed E-state index contributed by atoms with van der Waals surface area (Å²) in [5, 5.41) is 0. The molecule has 0 rings (SSSR count). The minimum atomic E-state index is -3.79. The van der Waals surface area contributed by atoms with Gasteiger partial charge in [-0.05, 0) is 20.3 Å². The van der Waals surface area contributed by atoms with E-state index >= 15 is 0 Å². The van der Waals surface area contributed by atoms with Crippen LogP contribution in [0.5, 0.6) is 0 Å². The molecule has 4 nitrogen and oxygen atoms in total. The van der Waals surface area contributed by atoms with Gasteiger partial charge in [-0.25, -0.2) is 0 Å². The molecule has 0 aliphatic rings. The van der Waals surface area contributed by atoms with Gasteiger partial charge < -0.3 is 0 Å². The van der Waals surface area contributed by atoms with Crippen molar-refractivity contribution in [2.24, 2.45) is 4.99 Å². The Hall–Kier alpha value is -0.420. The summed E-state index contributed by atoms with van der Waals surface area (Å²) in [6, 6.07) is 0. The predicted octanol–water partition coefficient (Wildman–Crippen LogP) is 0.745. The van der Waals surface area contributed by atoms with E-state index < -0.39 is 10.1 Å². The lowest BCUT2D eigenvalue weighted by molar-refractivity contribution is 0.481. The minimum Gasteiger partial charge on any atom is -0.295 e. The van der Waals surface area contributed by atoms with E-state index in [0.717, 1.165) is 5.71 Å². The van der Waals surface area contributed by atoms with Crippen LogP contribution in [0.3, 0.4) is 0 Å². The molecule has 66 valence electrons. The molecular weight excluding hydrogens is 166 g/mol. The zero-order valence-corrected chi connectivity index (χ0v) is 7.56. The van der Waals surface area contributed by atoms with Gasteiger partial charge in [0.2, 0.25) is 0 Å². The molecule has 0 heterocycles. The second-order valence-corrected chi connectivity index (χ2v) is 4.04. The molecule has 0 fully saturated rings. The summed E-state index contributed by atoms with van der Waals surface area (Å²) >= 11 is 0. The van der Waals surface area contributed by atoms with E-state index in [9.17, 15) is 8.42 Å². The highest BCUT2D eigenvalue weighted by Gasteiger charge is 2.01. The quantitative estimate of drug-likeness (QED) is 0.393. The van der Waals surface area contributed by atoms with Crippen molar-refractivity contribution in [1.29, 1.82) is 0 Å². The van der Waals surface area contributed by atoms with Crippen molar-refractivity contribution in [2.45, 2.75) is 20.3 Å². The van der Waals surface area contributed by atoms with E-state index in [1.165, 1.54) is 0 Å². The van der Waals surface area contributed by atoms with Gasteiger partial charge >= 0.3 is 0 Å². The third-order valence-corrected chi connectivity index (χ3v) is 1.79. The molecule has 0 saturated carbocycles. The van der Waals surface area contributed by atoms with Gasteiger partial charge in [-0.2, -0.15) is 8.42 Å². The Bertz CT molecular complexity index is 226. The lowest BCUT2D eigenvalue weighted by Crippen LogP contribution is -2.05. The molecule has 1 N–H and O–H groups in total. The average Bonchev–Trinajstić information content (AvgIpc) is 1.78. The molecule has 0 bridgehead atoms. The molecule has 0 aliphatic heterocycles. The van der Waals surface area contributed by atoms with Crippen molar-refractivity contribution >= 4 is 15.8 Å². The van der Waals surface area contributed by atoms with E-state index in [1.807, 2.05) is 13.8 Å². The summed E-state index contributed by atoms with van der Waals surface area (Å²) in [6.07, 6.45) is 0.379. The number of aliphatic imine (C=N–C) groups is 1. The van der Waals surface area contributed by atoms with Crippen LogP contribution in [0, 0.1) is 0 Å². The van der Waals surface area contributed by atoms with Gasteiger partial charge in [-0.15, -0.1) is 0 Å². The molecule has 5 heteroatoms. The fourth-order valence-corrected chi connectivity index (χ4v) is 1.04. The van der Waals surface area contributed by atoms with E-state index in [4.69, 9.17) is 4.55 Å². The van der Waals surface area contributed by atoms with Gasteiger partial charge in [0.1, 0.15) is 0 Å². The summed E-state index contributed by atoms with van der Waals surface area (Å²) < 4.78 is 28.7. The van der Waals surface area contributed by atoms with Gasteiger partial charge in [0.15, 0.2) is 0 Å². The first kappa shape index (κ1) is 10.6. The molecule has 0 saturated heterocycles. The molecule has 0 aliphatic carbocycles. The van der Waals surface area contributed by atoms with Crippen molar-refractivity contribution < 1.29 is 13.0 Å². The maximum Gasteiger partial charge on any atom is 0.264 e. The second kappa shape index (κ2) is 4.46. The Morgan fingerprint density at radius 1 is 1.45 bits per heavy atom. The van der Waals surface area contributed by atoms with Crippen LogP contribution in [0.25, 0.3) is 0 Å². The molecule has 0 unspecified atom stereocenters. The van der Waals surface area contributed by atoms with Crippen LogP contribution in [0.4, 0.5) is 0 Å². The summed E-state index contributed by atoms with van der Waals surface area (Å²) in [6.45, 7) is 4.14. The maximum atomic E-state index is 10.2. The fourth-order valence-electron chi connectivity index (χ4n) is 0.550. The third kappa shape index (κ3) is 9.58. The highest BCUT2D eigenvalue weighted by molar-refractivity contribution is 7.85. The SMILES string of the molecule is CC(C)=NCCCS(=O)(=O)O. The van der Waals surface area contributed by atoms with Crippen LogP contribution in [0.2, 0.25) is 0 Å². The fraction of sp³-hybridized carbons (Fsp3) is 0.833. The van der Waals surface area contributed by atoms with Crippen LogP contribution in [0.15, 0.2) is 4.99 Å². The first-order valence-corrected chi connectivity index (χ1v) is 4.95. The van der Waals surface area contributed by atoms with Crippen molar-refractivity contribution in [3.8, 4) is 0 Å². The largest absolute Gasteiger partial charge is 0.295 e. The highest BCUT2D eigenvalue weighted by Crippen LogP contribution is 1.89. The topological polar surface area (TPSA) is 66.7 Å². The van der Waals surface area contributed by atoms with Crippen molar-refractivity contribution in [1.82, 2.24) is 0 Å². The monoisotopic (exact) mass is 179 g/mol. The minimum absolute atomic E-state index is 0.205. The highest BCUT2D eigenvalue weighted by atomic mass is 32.2. The molecule has 0 aromatic rings. The van der Waals surface area contributed by atoms with E-state index in [2.05, 4.69) is 4.99 Å².